The number of hydrogen-bond donors (Lipinski definition) is 0. The summed E-state index contributed by atoms with van der Waals surface area (Å²) >= 11 is 0. The van der Waals surface area contributed by atoms with E-state index in [0.717, 1.165) is 25.4 Å². The molecule has 0 amide bonds. The van der Waals surface area contributed by atoms with Gasteiger partial charge in [0.25, 0.3) is 0 Å². The number of rotatable bonds is 7. The summed E-state index contributed by atoms with van der Waals surface area (Å²) in [6.07, 6.45) is 3.18. The Morgan fingerprint density at radius 2 is 1.93 bits per heavy atom. The first kappa shape index (κ1) is 13.4. The van der Waals surface area contributed by atoms with E-state index in [4.69, 9.17) is 10.00 Å². The zero-order valence-corrected chi connectivity index (χ0v) is 9.97. The Kier molecular flexibility index (Phi) is 6.57. The summed E-state index contributed by atoms with van der Waals surface area (Å²) in [5.41, 5.74) is -0.238. The van der Waals surface area contributed by atoms with Crippen molar-refractivity contribution < 1.29 is 4.74 Å². The lowest BCUT2D eigenvalue weighted by atomic mass is 9.92. The van der Waals surface area contributed by atoms with E-state index in [9.17, 15) is 0 Å². The number of nitriles is 1. The van der Waals surface area contributed by atoms with Gasteiger partial charge in [-0.25, -0.2) is 0 Å². The topological polar surface area (TPSA) is 33.0 Å². The summed E-state index contributed by atoms with van der Waals surface area (Å²) < 4.78 is 5.47. The molecule has 0 saturated carbocycles. The smallest absolute Gasteiger partial charge is 0.0684 e. The van der Waals surface area contributed by atoms with E-state index < -0.39 is 0 Å². The highest BCUT2D eigenvalue weighted by atomic mass is 16.5. The molecule has 0 heterocycles. The van der Waals surface area contributed by atoms with Crippen molar-refractivity contribution in [3.05, 3.63) is 0 Å². The Morgan fingerprint density at radius 1 is 1.29 bits per heavy atom. The Labute approximate surface area is 88.3 Å². The zero-order chi connectivity index (χ0) is 11.0. The molecule has 0 unspecified atom stereocenters. The van der Waals surface area contributed by atoms with Gasteiger partial charge in [0.2, 0.25) is 0 Å². The molecule has 2 heteroatoms. The number of hydrogen-bond acceptors (Lipinski definition) is 2. The van der Waals surface area contributed by atoms with Crippen LogP contribution in [0.2, 0.25) is 0 Å². The highest BCUT2D eigenvalue weighted by Crippen LogP contribution is 2.18. The molecular formula is C12H23NO. The number of ether oxygens (including phenoxy) is 1. The van der Waals surface area contributed by atoms with Crippen LogP contribution >= 0.6 is 0 Å². The Balaban J connectivity index is 3.27. The molecule has 0 saturated heterocycles. The summed E-state index contributed by atoms with van der Waals surface area (Å²) in [5, 5.41) is 8.76. The standard InChI is InChI=1S/C12H23NO/c1-11(2)6-5-8-14-9-7-12(3,4)10-13/h11H,5-9H2,1-4H3. The van der Waals surface area contributed by atoms with Crippen LogP contribution in [0.5, 0.6) is 0 Å². The fourth-order valence-electron chi connectivity index (χ4n) is 1.08. The number of nitrogens with zero attached hydrogens (tertiary/aromatic N) is 1. The summed E-state index contributed by atoms with van der Waals surface area (Å²) in [5.74, 6) is 0.758. The van der Waals surface area contributed by atoms with Crippen molar-refractivity contribution in [2.75, 3.05) is 13.2 Å². The maximum atomic E-state index is 8.76. The van der Waals surface area contributed by atoms with Gasteiger partial charge in [0.05, 0.1) is 11.5 Å². The van der Waals surface area contributed by atoms with Crippen molar-refractivity contribution >= 4 is 0 Å². The Bertz CT molecular complexity index is 179. The highest BCUT2D eigenvalue weighted by Gasteiger charge is 2.15. The molecule has 0 fully saturated rings. The SMILES string of the molecule is CC(C)CCCOCCC(C)(C)C#N. The maximum absolute atomic E-state index is 8.76. The first-order valence-electron chi connectivity index (χ1n) is 5.47. The van der Waals surface area contributed by atoms with Crippen LogP contribution in [0.25, 0.3) is 0 Å². The molecule has 0 radical (unpaired) electrons. The summed E-state index contributed by atoms with van der Waals surface area (Å²) in [4.78, 5) is 0. The van der Waals surface area contributed by atoms with E-state index in [1.807, 2.05) is 13.8 Å². The van der Waals surface area contributed by atoms with Gasteiger partial charge in [-0.15, -0.1) is 0 Å². The van der Waals surface area contributed by atoms with Crippen molar-refractivity contribution in [1.29, 1.82) is 5.26 Å². The second-order valence-corrected chi connectivity index (χ2v) is 4.89. The molecule has 0 atom stereocenters. The van der Waals surface area contributed by atoms with E-state index >= 15 is 0 Å². The van der Waals surface area contributed by atoms with Crippen LogP contribution in [0.15, 0.2) is 0 Å². The average Bonchev–Trinajstić information content (AvgIpc) is 2.10. The minimum atomic E-state index is -0.238. The molecule has 0 aromatic heterocycles. The fourth-order valence-corrected chi connectivity index (χ4v) is 1.08. The first-order chi connectivity index (χ1) is 6.48. The predicted molar refractivity (Wildman–Crippen MR) is 58.9 cm³/mol. The lowest BCUT2D eigenvalue weighted by Gasteiger charge is -2.14. The zero-order valence-electron chi connectivity index (χ0n) is 9.97. The largest absolute Gasteiger partial charge is 0.381 e. The van der Waals surface area contributed by atoms with E-state index in [-0.39, 0.29) is 5.41 Å². The van der Waals surface area contributed by atoms with Crippen LogP contribution in [0, 0.1) is 22.7 Å². The minimum absolute atomic E-state index is 0.238. The van der Waals surface area contributed by atoms with Crippen molar-refractivity contribution in [2.45, 2.75) is 47.0 Å². The molecule has 2 nitrogen and oxygen atoms in total. The van der Waals surface area contributed by atoms with Gasteiger partial charge in [-0.1, -0.05) is 13.8 Å². The van der Waals surface area contributed by atoms with Gasteiger partial charge in [-0.3, -0.25) is 0 Å². The molecule has 82 valence electrons. The third-order valence-electron chi connectivity index (χ3n) is 2.24. The van der Waals surface area contributed by atoms with Crippen LogP contribution in [-0.2, 0) is 4.74 Å². The van der Waals surface area contributed by atoms with E-state index in [1.165, 1.54) is 6.42 Å². The van der Waals surface area contributed by atoms with Gasteiger partial charge < -0.3 is 4.74 Å². The Morgan fingerprint density at radius 3 is 2.43 bits per heavy atom. The molecule has 0 N–H and O–H groups in total. The molecule has 0 aromatic rings. The normalized spacial score (nSPS) is 11.7. The molecule has 0 aliphatic rings. The van der Waals surface area contributed by atoms with Crippen LogP contribution in [-0.4, -0.2) is 13.2 Å². The lowest BCUT2D eigenvalue weighted by molar-refractivity contribution is 0.110. The van der Waals surface area contributed by atoms with Gasteiger partial charge in [0.15, 0.2) is 0 Å². The third-order valence-corrected chi connectivity index (χ3v) is 2.24. The minimum Gasteiger partial charge on any atom is -0.381 e. The van der Waals surface area contributed by atoms with Crippen LogP contribution < -0.4 is 0 Å². The molecule has 0 aliphatic heterocycles. The van der Waals surface area contributed by atoms with E-state index in [0.29, 0.717) is 6.61 Å². The van der Waals surface area contributed by atoms with Gasteiger partial charge in [0.1, 0.15) is 0 Å². The summed E-state index contributed by atoms with van der Waals surface area (Å²) in [6, 6.07) is 2.27. The van der Waals surface area contributed by atoms with Crippen molar-refractivity contribution in [3.63, 3.8) is 0 Å². The second-order valence-electron chi connectivity index (χ2n) is 4.89. The van der Waals surface area contributed by atoms with Gasteiger partial charge in [-0.05, 0) is 39.0 Å². The van der Waals surface area contributed by atoms with Crippen molar-refractivity contribution in [2.24, 2.45) is 11.3 Å². The quantitative estimate of drug-likeness (QED) is 0.586. The fraction of sp³-hybridized carbons (Fsp3) is 0.917. The molecule has 0 aliphatic carbocycles. The summed E-state index contributed by atoms with van der Waals surface area (Å²) in [6.45, 7) is 9.88. The third kappa shape index (κ3) is 8.07. The molecule has 0 spiro atoms. The van der Waals surface area contributed by atoms with Crippen LogP contribution in [0.4, 0.5) is 0 Å². The highest BCUT2D eigenvalue weighted by molar-refractivity contribution is 4.91. The molecule has 0 bridgehead atoms. The first-order valence-corrected chi connectivity index (χ1v) is 5.47. The summed E-state index contributed by atoms with van der Waals surface area (Å²) in [7, 11) is 0. The second kappa shape index (κ2) is 6.84. The lowest BCUT2D eigenvalue weighted by Crippen LogP contribution is -2.12. The predicted octanol–water partition coefficient (Wildman–Crippen LogP) is 3.38. The average molecular weight is 197 g/mol. The maximum Gasteiger partial charge on any atom is 0.0684 e. The van der Waals surface area contributed by atoms with Crippen molar-refractivity contribution in [3.8, 4) is 6.07 Å². The van der Waals surface area contributed by atoms with Gasteiger partial charge >= 0.3 is 0 Å². The molecule has 0 aromatic carbocycles. The van der Waals surface area contributed by atoms with Crippen LogP contribution in [0.1, 0.15) is 47.0 Å². The van der Waals surface area contributed by atoms with Gasteiger partial charge in [0, 0.05) is 13.2 Å². The molecular weight excluding hydrogens is 174 g/mol. The Hall–Kier alpha value is -0.550. The van der Waals surface area contributed by atoms with Crippen molar-refractivity contribution in [1.82, 2.24) is 0 Å². The van der Waals surface area contributed by atoms with Gasteiger partial charge in [-0.2, -0.15) is 5.26 Å². The monoisotopic (exact) mass is 197 g/mol. The molecule has 0 rings (SSSR count). The molecule has 14 heavy (non-hydrogen) atoms. The van der Waals surface area contributed by atoms with Crippen LogP contribution in [0.3, 0.4) is 0 Å². The van der Waals surface area contributed by atoms with E-state index in [2.05, 4.69) is 19.9 Å². The van der Waals surface area contributed by atoms with E-state index in [1.54, 1.807) is 0 Å².